The minimum absolute atomic E-state index is 0.0566. The van der Waals surface area contributed by atoms with Gasteiger partial charge in [0.25, 0.3) is 10.0 Å². The Bertz CT molecular complexity index is 1340. The van der Waals surface area contributed by atoms with E-state index in [0.717, 1.165) is 34.4 Å². The fraction of sp³-hybridized carbons (Fsp3) is 0.176. The molecule has 0 unspecified atom stereocenters. The molecule has 0 aliphatic rings. The van der Waals surface area contributed by atoms with Crippen LogP contribution in [0.1, 0.15) is 5.56 Å². The number of aromatic nitrogens is 2. The molecule has 0 spiro atoms. The lowest BCUT2D eigenvalue weighted by Crippen LogP contribution is -2.39. The van der Waals surface area contributed by atoms with Gasteiger partial charge < -0.3 is 9.13 Å². The molecule has 1 heterocycles. The highest BCUT2D eigenvalue weighted by molar-refractivity contribution is 7.92. The predicted molar refractivity (Wildman–Crippen MR) is 102 cm³/mol. The first-order valence-electron chi connectivity index (χ1n) is 7.92. The lowest BCUT2D eigenvalue weighted by molar-refractivity contribution is -0.136. The zero-order chi connectivity index (χ0) is 21.7. The number of halogens is 4. The molecule has 1 N–H and O–H groups in total. The van der Waals surface area contributed by atoms with E-state index >= 15 is 0 Å². The van der Waals surface area contributed by atoms with Gasteiger partial charge in [0.05, 0.1) is 27.2 Å². The van der Waals surface area contributed by atoms with Gasteiger partial charge in [-0.2, -0.15) is 13.2 Å². The molecular formula is C17H13ClF3N3O4S. The Hall–Kier alpha value is -2.79. The standard InChI is InChI=1S/C17H13ClF3N3O4S/c1-23-13-7-11(17(19,20)21)12(8-14(13)24(2)16(26)15(23)25)22-29(27,28)10-5-3-9(18)4-6-10/h3-8,22H,1-2H3. The summed E-state index contributed by atoms with van der Waals surface area (Å²) >= 11 is 5.71. The van der Waals surface area contributed by atoms with Gasteiger partial charge >= 0.3 is 17.3 Å². The van der Waals surface area contributed by atoms with Crippen LogP contribution in [0.4, 0.5) is 18.9 Å². The highest BCUT2D eigenvalue weighted by Gasteiger charge is 2.36. The summed E-state index contributed by atoms with van der Waals surface area (Å²) in [6.07, 6.45) is -4.93. The molecule has 154 valence electrons. The smallest absolute Gasteiger partial charge is 0.305 e. The lowest BCUT2D eigenvalue weighted by atomic mass is 10.1. The second-order valence-electron chi connectivity index (χ2n) is 6.17. The Labute approximate surface area is 167 Å². The van der Waals surface area contributed by atoms with E-state index in [1.807, 2.05) is 4.72 Å². The van der Waals surface area contributed by atoms with Crippen molar-refractivity contribution in [3.63, 3.8) is 0 Å². The molecule has 0 aliphatic heterocycles. The van der Waals surface area contributed by atoms with E-state index < -0.39 is 38.6 Å². The second-order valence-corrected chi connectivity index (χ2v) is 8.29. The van der Waals surface area contributed by atoms with E-state index in [2.05, 4.69) is 0 Å². The highest BCUT2D eigenvalue weighted by Crippen LogP contribution is 2.38. The molecule has 7 nitrogen and oxygen atoms in total. The van der Waals surface area contributed by atoms with Gasteiger partial charge in [0.1, 0.15) is 0 Å². The molecule has 12 heteroatoms. The fourth-order valence-corrected chi connectivity index (χ4v) is 3.95. The maximum absolute atomic E-state index is 13.6. The third kappa shape index (κ3) is 3.75. The van der Waals surface area contributed by atoms with E-state index in [4.69, 9.17) is 11.6 Å². The summed E-state index contributed by atoms with van der Waals surface area (Å²) in [5, 5.41) is 0.251. The molecular weight excluding hydrogens is 435 g/mol. The van der Waals surface area contributed by atoms with Gasteiger partial charge in [-0.1, -0.05) is 11.6 Å². The zero-order valence-electron chi connectivity index (χ0n) is 14.9. The molecule has 3 rings (SSSR count). The van der Waals surface area contributed by atoms with Crippen molar-refractivity contribution in [3.05, 3.63) is 67.7 Å². The number of anilines is 1. The van der Waals surface area contributed by atoms with Crippen LogP contribution in [0.5, 0.6) is 0 Å². The Morgan fingerprint density at radius 3 is 1.90 bits per heavy atom. The number of nitrogens with one attached hydrogen (secondary N) is 1. The van der Waals surface area contributed by atoms with Crippen LogP contribution in [-0.4, -0.2) is 17.6 Å². The van der Waals surface area contributed by atoms with Crippen molar-refractivity contribution in [2.24, 2.45) is 14.1 Å². The lowest BCUT2D eigenvalue weighted by Gasteiger charge is -2.18. The molecule has 0 fully saturated rings. The zero-order valence-corrected chi connectivity index (χ0v) is 16.5. The van der Waals surface area contributed by atoms with Crippen LogP contribution in [0.15, 0.2) is 50.9 Å². The Kier molecular flexibility index (Phi) is 4.99. The van der Waals surface area contributed by atoms with Crippen LogP contribution < -0.4 is 15.8 Å². The number of fused-ring (bicyclic) bond motifs is 1. The van der Waals surface area contributed by atoms with E-state index in [9.17, 15) is 31.2 Å². The number of hydrogen-bond donors (Lipinski definition) is 1. The Balaban J connectivity index is 2.30. The molecule has 0 amide bonds. The molecule has 0 atom stereocenters. The SMILES string of the molecule is Cn1c(=O)c(=O)n(C)c2cc(C(F)(F)F)c(NS(=O)(=O)c3ccc(Cl)cc3)cc21. The average molecular weight is 448 g/mol. The topological polar surface area (TPSA) is 90.2 Å². The monoisotopic (exact) mass is 447 g/mol. The van der Waals surface area contributed by atoms with Crippen LogP contribution in [0.3, 0.4) is 0 Å². The van der Waals surface area contributed by atoms with E-state index in [1.54, 1.807) is 0 Å². The minimum Gasteiger partial charge on any atom is -0.305 e. The van der Waals surface area contributed by atoms with Crippen molar-refractivity contribution in [3.8, 4) is 0 Å². The van der Waals surface area contributed by atoms with Gasteiger partial charge in [-0.15, -0.1) is 0 Å². The molecule has 0 bridgehead atoms. The van der Waals surface area contributed by atoms with Gasteiger partial charge in [0, 0.05) is 19.1 Å². The summed E-state index contributed by atoms with van der Waals surface area (Å²) in [4.78, 5) is 23.6. The van der Waals surface area contributed by atoms with E-state index in [1.165, 1.54) is 19.2 Å². The van der Waals surface area contributed by atoms with E-state index in [0.29, 0.717) is 6.07 Å². The van der Waals surface area contributed by atoms with Crippen LogP contribution in [0, 0.1) is 0 Å². The minimum atomic E-state index is -4.93. The molecule has 3 aromatic rings. The average Bonchev–Trinajstić information content (AvgIpc) is 2.63. The third-order valence-corrected chi connectivity index (χ3v) is 5.94. The third-order valence-electron chi connectivity index (χ3n) is 4.30. The maximum Gasteiger partial charge on any atom is 0.418 e. The van der Waals surface area contributed by atoms with Crippen LogP contribution >= 0.6 is 11.6 Å². The van der Waals surface area contributed by atoms with E-state index in [-0.39, 0.29) is 21.0 Å². The summed E-state index contributed by atoms with van der Waals surface area (Å²) in [5.41, 5.74) is -4.31. The maximum atomic E-state index is 13.6. The van der Waals surface area contributed by atoms with Crippen molar-refractivity contribution in [2.75, 3.05) is 4.72 Å². The molecule has 0 aliphatic carbocycles. The summed E-state index contributed by atoms with van der Waals surface area (Å²) in [7, 11) is -2.03. The fourth-order valence-electron chi connectivity index (χ4n) is 2.76. The molecule has 1 aromatic heterocycles. The first-order valence-corrected chi connectivity index (χ1v) is 9.78. The summed E-state index contributed by atoms with van der Waals surface area (Å²) in [6.45, 7) is 0. The Morgan fingerprint density at radius 1 is 0.931 bits per heavy atom. The number of nitrogens with zero attached hydrogens (tertiary/aromatic N) is 2. The molecule has 0 saturated carbocycles. The molecule has 0 saturated heterocycles. The number of benzene rings is 2. The largest absolute Gasteiger partial charge is 0.418 e. The first-order chi connectivity index (χ1) is 13.3. The first kappa shape index (κ1) is 20.9. The molecule has 0 radical (unpaired) electrons. The van der Waals surface area contributed by atoms with Crippen molar-refractivity contribution in [1.29, 1.82) is 0 Å². The number of sulfonamides is 1. The van der Waals surface area contributed by atoms with Gasteiger partial charge in [-0.25, -0.2) is 8.42 Å². The number of aryl methyl sites for hydroxylation is 2. The van der Waals surface area contributed by atoms with Crippen LogP contribution in [0.25, 0.3) is 11.0 Å². The van der Waals surface area contributed by atoms with Crippen LogP contribution in [-0.2, 0) is 30.3 Å². The number of hydrogen-bond acceptors (Lipinski definition) is 4. The quantitative estimate of drug-likeness (QED) is 0.625. The van der Waals surface area contributed by atoms with Gasteiger partial charge in [0.2, 0.25) is 0 Å². The van der Waals surface area contributed by atoms with Crippen LogP contribution in [0.2, 0.25) is 5.02 Å². The Morgan fingerprint density at radius 2 is 1.41 bits per heavy atom. The number of rotatable bonds is 3. The normalized spacial score (nSPS) is 12.3. The summed E-state index contributed by atoms with van der Waals surface area (Å²) in [6, 6.07) is 6.32. The number of alkyl halides is 3. The van der Waals surface area contributed by atoms with Gasteiger partial charge in [-0.3, -0.25) is 14.3 Å². The molecule has 2 aromatic carbocycles. The predicted octanol–water partition coefficient (Wildman–Crippen LogP) is 2.71. The second kappa shape index (κ2) is 6.92. The van der Waals surface area contributed by atoms with Crippen molar-refractivity contribution in [1.82, 2.24) is 9.13 Å². The highest BCUT2D eigenvalue weighted by atomic mass is 35.5. The van der Waals surface area contributed by atoms with Crippen molar-refractivity contribution >= 4 is 38.3 Å². The summed E-state index contributed by atoms with van der Waals surface area (Å²) in [5.74, 6) is 0. The van der Waals surface area contributed by atoms with Gasteiger partial charge in [-0.05, 0) is 36.4 Å². The van der Waals surface area contributed by atoms with Gasteiger partial charge in [0.15, 0.2) is 0 Å². The molecule has 29 heavy (non-hydrogen) atoms. The van der Waals surface area contributed by atoms with Crippen molar-refractivity contribution in [2.45, 2.75) is 11.1 Å². The van der Waals surface area contributed by atoms with Crippen molar-refractivity contribution < 1.29 is 21.6 Å². The summed E-state index contributed by atoms with van der Waals surface area (Å²) < 4.78 is 69.5.